The summed E-state index contributed by atoms with van der Waals surface area (Å²) in [5, 5.41) is 14.2. The van der Waals surface area contributed by atoms with Crippen molar-refractivity contribution in [3.63, 3.8) is 0 Å². The number of likely N-dealkylation sites (N-methyl/N-ethyl adjacent to an activating group) is 1. The third kappa shape index (κ3) is 5.94. The fourth-order valence-corrected chi connectivity index (χ4v) is 4.88. The Labute approximate surface area is 220 Å². The first-order valence-electron chi connectivity index (χ1n) is 12.5. The lowest BCUT2D eigenvalue weighted by atomic mass is 10.2. The molecule has 3 aromatic rings. The molecule has 3 N–H and O–H groups in total. The largest absolute Gasteiger partial charge is 0.354 e. The van der Waals surface area contributed by atoms with E-state index in [9.17, 15) is 9.18 Å². The smallest absolute Gasteiger partial charge is 0.256 e. The van der Waals surface area contributed by atoms with Gasteiger partial charge in [0.15, 0.2) is 5.82 Å². The number of hydrogen-bond acceptors (Lipinski definition) is 8. The number of H-pyrrole nitrogens is 1. The molecule has 1 aromatic carbocycles. The van der Waals surface area contributed by atoms with Crippen molar-refractivity contribution in [1.29, 1.82) is 0 Å². The average Bonchev–Trinajstić information content (AvgIpc) is 3.53. The molecule has 0 radical (unpaired) electrons. The van der Waals surface area contributed by atoms with Crippen molar-refractivity contribution in [3.05, 3.63) is 52.4 Å². The SMILES string of the molecule is CCN1CCN(c2cc(Nc3cc(C)[nH]n3)nc(N[C@H]3CCN(C(=O)c4cc(Cl)ccc4F)C3)n2)CC1. The quantitative estimate of drug-likeness (QED) is 0.429. The van der Waals surface area contributed by atoms with Crippen LogP contribution >= 0.6 is 11.6 Å². The van der Waals surface area contributed by atoms with Crippen LogP contribution in [0.15, 0.2) is 30.3 Å². The molecule has 0 saturated carbocycles. The summed E-state index contributed by atoms with van der Waals surface area (Å²) in [4.78, 5) is 28.7. The standard InChI is InChI=1S/C25H31ClFN9O/c1-3-34-8-10-35(11-9-34)23-14-21(29-22-12-16(2)32-33-22)30-25(31-23)28-18-6-7-36(15-18)24(37)19-13-17(26)4-5-20(19)27/h4-5,12-14,18H,3,6-11,15H2,1-2H3,(H3,28,29,30,31,32,33)/t18-/m0/s1. The minimum atomic E-state index is -0.575. The predicted molar refractivity (Wildman–Crippen MR) is 142 cm³/mol. The highest BCUT2D eigenvalue weighted by Crippen LogP contribution is 2.25. The van der Waals surface area contributed by atoms with Gasteiger partial charge in [-0.15, -0.1) is 0 Å². The summed E-state index contributed by atoms with van der Waals surface area (Å²) >= 11 is 5.99. The molecule has 0 bridgehead atoms. The summed E-state index contributed by atoms with van der Waals surface area (Å²) < 4.78 is 14.2. The van der Waals surface area contributed by atoms with Crippen molar-refractivity contribution in [2.45, 2.75) is 26.3 Å². The van der Waals surface area contributed by atoms with Crippen LogP contribution in [0.25, 0.3) is 0 Å². The highest BCUT2D eigenvalue weighted by Gasteiger charge is 2.29. The highest BCUT2D eigenvalue weighted by molar-refractivity contribution is 6.31. The molecule has 2 fully saturated rings. The molecule has 4 heterocycles. The van der Waals surface area contributed by atoms with E-state index < -0.39 is 5.82 Å². The van der Waals surface area contributed by atoms with Crippen LogP contribution in [-0.2, 0) is 0 Å². The van der Waals surface area contributed by atoms with Crippen LogP contribution in [0.2, 0.25) is 5.02 Å². The van der Waals surface area contributed by atoms with Gasteiger partial charge in [0.1, 0.15) is 17.5 Å². The van der Waals surface area contributed by atoms with Gasteiger partial charge < -0.3 is 25.3 Å². The van der Waals surface area contributed by atoms with Crippen molar-refractivity contribution >= 4 is 40.9 Å². The number of hydrogen-bond donors (Lipinski definition) is 3. The number of benzene rings is 1. The maximum Gasteiger partial charge on any atom is 0.256 e. The highest BCUT2D eigenvalue weighted by atomic mass is 35.5. The Morgan fingerprint density at radius 2 is 1.95 bits per heavy atom. The summed E-state index contributed by atoms with van der Waals surface area (Å²) in [5.74, 6) is 1.65. The van der Waals surface area contributed by atoms with Crippen molar-refractivity contribution in [2.24, 2.45) is 0 Å². The van der Waals surface area contributed by atoms with E-state index in [1.54, 1.807) is 4.90 Å². The van der Waals surface area contributed by atoms with E-state index >= 15 is 0 Å². The molecule has 2 saturated heterocycles. The minimum Gasteiger partial charge on any atom is -0.354 e. The van der Waals surface area contributed by atoms with Crippen LogP contribution in [0.1, 0.15) is 29.4 Å². The molecule has 2 aromatic heterocycles. The van der Waals surface area contributed by atoms with Gasteiger partial charge in [-0.05, 0) is 38.1 Å². The van der Waals surface area contributed by atoms with Gasteiger partial charge in [0.05, 0.1) is 5.56 Å². The zero-order chi connectivity index (χ0) is 25.9. The first-order valence-corrected chi connectivity index (χ1v) is 12.9. The van der Waals surface area contributed by atoms with Gasteiger partial charge in [-0.2, -0.15) is 15.1 Å². The zero-order valence-corrected chi connectivity index (χ0v) is 21.7. The maximum atomic E-state index is 14.2. The van der Waals surface area contributed by atoms with E-state index in [2.05, 4.69) is 42.5 Å². The number of likely N-dealkylation sites (tertiary alicyclic amines) is 1. The number of rotatable bonds is 7. The lowest BCUT2D eigenvalue weighted by molar-refractivity contribution is 0.0787. The minimum absolute atomic E-state index is 0.0154. The molecule has 0 unspecified atom stereocenters. The second kappa shape index (κ2) is 10.9. The Balaban J connectivity index is 1.32. The predicted octanol–water partition coefficient (Wildman–Crippen LogP) is 3.51. The molecular formula is C25H31ClFN9O. The third-order valence-electron chi connectivity index (χ3n) is 6.79. The molecule has 37 heavy (non-hydrogen) atoms. The van der Waals surface area contributed by atoms with Crippen LogP contribution in [0.3, 0.4) is 0 Å². The van der Waals surface area contributed by atoms with Crippen LogP contribution in [0, 0.1) is 12.7 Å². The molecule has 1 amide bonds. The number of carbonyl (C=O) groups excluding carboxylic acids is 1. The van der Waals surface area contributed by atoms with E-state index in [0.717, 1.165) is 44.2 Å². The summed E-state index contributed by atoms with van der Waals surface area (Å²) in [5.41, 5.74) is 0.927. The van der Waals surface area contributed by atoms with Gasteiger partial charge in [0.25, 0.3) is 5.91 Å². The number of piperazine rings is 1. The molecule has 2 aliphatic heterocycles. The first-order chi connectivity index (χ1) is 17.9. The van der Waals surface area contributed by atoms with Crippen LogP contribution < -0.4 is 15.5 Å². The number of aromatic amines is 1. The monoisotopic (exact) mass is 527 g/mol. The van der Waals surface area contributed by atoms with Gasteiger partial charge in [-0.3, -0.25) is 9.89 Å². The Kier molecular flexibility index (Phi) is 7.43. The number of aryl methyl sites for hydroxylation is 1. The fourth-order valence-electron chi connectivity index (χ4n) is 4.71. The number of carbonyl (C=O) groups is 1. The van der Waals surface area contributed by atoms with Gasteiger partial charge >= 0.3 is 0 Å². The number of nitrogens with zero attached hydrogens (tertiary/aromatic N) is 6. The van der Waals surface area contributed by atoms with Crippen molar-refractivity contribution in [1.82, 2.24) is 30.0 Å². The van der Waals surface area contributed by atoms with E-state index in [1.807, 2.05) is 19.1 Å². The summed E-state index contributed by atoms with van der Waals surface area (Å²) in [7, 11) is 0. The van der Waals surface area contributed by atoms with E-state index in [1.165, 1.54) is 18.2 Å². The average molecular weight is 528 g/mol. The summed E-state index contributed by atoms with van der Waals surface area (Å²) in [6.45, 7) is 9.76. The van der Waals surface area contributed by atoms with Gasteiger partial charge in [0, 0.05) is 68.2 Å². The van der Waals surface area contributed by atoms with Crippen molar-refractivity contribution < 1.29 is 9.18 Å². The summed E-state index contributed by atoms with van der Waals surface area (Å²) in [6, 6.07) is 7.80. The molecular weight excluding hydrogens is 497 g/mol. The summed E-state index contributed by atoms with van der Waals surface area (Å²) in [6.07, 6.45) is 0.692. The van der Waals surface area contributed by atoms with Crippen LogP contribution in [0.5, 0.6) is 0 Å². The third-order valence-corrected chi connectivity index (χ3v) is 7.02. The van der Waals surface area contributed by atoms with Crippen molar-refractivity contribution in [2.75, 3.05) is 61.3 Å². The molecule has 1 atom stereocenters. The number of amides is 1. The molecule has 10 nitrogen and oxygen atoms in total. The molecule has 196 valence electrons. The van der Waals surface area contributed by atoms with Gasteiger partial charge in [0.2, 0.25) is 5.95 Å². The maximum absolute atomic E-state index is 14.2. The van der Waals surface area contributed by atoms with Gasteiger partial charge in [-0.1, -0.05) is 18.5 Å². The first kappa shape index (κ1) is 25.2. The van der Waals surface area contributed by atoms with Crippen molar-refractivity contribution in [3.8, 4) is 0 Å². The lowest BCUT2D eigenvalue weighted by Crippen LogP contribution is -2.46. The number of nitrogens with one attached hydrogen (secondary N) is 3. The number of aromatic nitrogens is 4. The lowest BCUT2D eigenvalue weighted by Gasteiger charge is -2.35. The Bertz CT molecular complexity index is 1260. The number of anilines is 4. The fraction of sp³-hybridized carbons (Fsp3) is 0.440. The van der Waals surface area contributed by atoms with Crippen LogP contribution in [0.4, 0.5) is 27.8 Å². The Morgan fingerprint density at radius 1 is 1.14 bits per heavy atom. The van der Waals surface area contributed by atoms with Gasteiger partial charge in [-0.25, -0.2) is 4.39 Å². The molecule has 2 aliphatic rings. The Hall–Kier alpha value is -3.44. The second-order valence-corrected chi connectivity index (χ2v) is 9.86. The Morgan fingerprint density at radius 3 is 2.68 bits per heavy atom. The molecule has 0 spiro atoms. The van der Waals surface area contributed by atoms with E-state index in [4.69, 9.17) is 16.6 Å². The molecule has 12 heteroatoms. The number of halogens is 2. The van der Waals surface area contributed by atoms with E-state index in [0.29, 0.717) is 42.1 Å². The van der Waals surface area contributed by atoms with Crippen LogP contribution in [-0.4, -0.2) is 87.7 Å². The molecule has 5 rings (SSSR count). The topological polar surface area (TPSA) is 105 Å². The molecule has 0 aliphatic carbocycles. The second-order valence-electron chi connectivity index (χ2n) is 9.42. The normalized spacial score (nSPS) is 18.3. The van der Waals surface area contributed by atoms with E-state index in [-0.39, 0.29) is 17.5 Å². The zero-order valence-electron chi connectivity index (χ0n) is 21.0.